The topological polar surface area (TPSA) is 15.3 Å². The van der Waals surface area contributed by atoms with Gasteiger partial charge >= 0.3 is 0 Å². The second kappa shape index (κ2) is 5.13. The van der Waals surface area contributed by atoms with Gasteiger partial charge in [0.15, 0.2) is 0 Å². The Hall–Kier alpha value is -0.0800. The summed E-state index contributed by atoms with van der Waals surface area (Å²) in [6, 6.07) is 0.817. The number of nitrogens with one attached hydrogen (secondary N) is 1. The molecule has 0 aromatic rings. The van der Waals surface area contributed by atoms with Gasteiger partial charge in [0.25, 0.3) is 0 Å². The van der Waals surface area contributed by atoms with Gasteiger partial charge in [-0.2, -0.15) is 0 Å². The van der Waals surface area contributed by atoms with Crippen molar-refractivity contribution in [2.24, 2.45) is 5.92 Å². The van der Waals surface area contributed by atoms with Crippen molar-refractivity contribution in [3.05, 3.63) is 0 Å². The zero-order valence-electron chi connectivity index (χ0n) is 9.47. The Balaban J connectivity index is 1.68. The average molecular weight is 196 g/mol. The number of hydrogen-bond acceptors (Lipinski definition) is 2. The molecule has 1 saturated carbocycles. The van der Waals surface area contributed by atoms with Gasteiger partial charge < -0.3 is 10.2 Å². The Morgan fingerprint density at radius 3 is 2.64 bits per heavy atom. The van der Waals surface area contributed by atoms with E-state index in [2.05, 4.69) is 17.3 Å². The SMILES string of the molecule is CNC1CCCC1CCN1CCCC1. The summed E-state index contributed by atoms with van der Waals surface area (Å²) in [5, 5.41) is 3.47. The molecule has 0 aromatic carbocycles. The van der Waals surface area contributed by atoms with Crippen LogP contribution in [0.15, 0.2) is 0 Å². The Labute approximate surface area is 88.1 Å². The number of likely N-dealkylation sites (tertiary alicyclic amines) is 1. The molecule has 0 bridgehead atoms. The number of rotatable bonds is 4. The lowest BCUT2D eigenvalue weighted by Crippen LogP contribution is -2.31. The fraction of sp³-hybridized carbons (Fsp3) is 1.00. The van der Waals surface area contributed by atoms with Crippen molar-refractivity contribution in [1.82, 2.24) is 10.2 Å². The van der Waals surface area contributed by atoms with Gasteiger partial charge in [0, 0.05) is 6.04 Å². The Bertz CT molecular complexity index is 164. The first kappa shape index (κ1) is 10.4. The summed E-state index contributed by atoms with van der Waals surface area (Å²) in [4.78, 5) is 2.64. The van der Waals surface area contributed by atoms with E-state index in [-0.39, 0.29) is 0 Å². The van der Waals surface area contributed by atoms with Gasteiger partial charge in [-0.05, 0) is 64.7 Å². The van der Waals surface area contributed by atoms with Gasteiger partial charge in [-0.15, -0.1) is 0 Å². The maximum Gasteiger partial charge on any atom is 0.00928 e. The van der Waals surface area contributed by atoms with Gasteiger partial charge in [0.05, 0.1) is 0 Å². The van der Waals surface area contributed by atoms with Crippen molar-refractivity contribution in [1.29, 1.82) is 0 Å². The second-order valence-electron chi connectivity index (χ2n) is 4.92. The normalized spacial score (nSPS) is 34.1. The van der Waals surface area contributed by atoms with Crippen molar-refractivity contribution in [2.45, 2.75) is 44.6 Å². The van der Waals surface area contributed by atoms with E-state index in [0.717, 1.165) is 12.0 Å². The summed E-state index contributed by atoms with van der Waals surface area (Å²) in [7, 11) is 2.12. The van der Waals surface area contributed by atoms with Crippen molar-refractivity contribution in [2.75, 3.05) is 26.7 Å². The summed E-state index contributed by atoms with van der Waals surface area (Å²) in [6.45, 7) is 4.07. The molecule has 2 atom stereocenters. The zero-order valence-corrected chi connectivity index (χ0v) is 9.47. The van der Waals surface area contributed by atoms with Crippen LogP contribution in [0.3, 0.4) is 0 Å². The molecule has 0 amide bonds. The standard InChI is InChI=1S/C12H24N2/c1-13-12-6-4-5-11(12)7-10-14-8-2-3-9-14/h11-13H,2-10H2,1H3. The largest absolute Gasteiger partial charge is 0.317 e. The molecule has 0 radical (unpaired) electrons. The molecule has 1 aliphatic carbocycles. The predicted molar refractivity (Wildman–Crippen MR) is 60.5 cm³/mol. The third-order valence-corrected chi connectivity index (χ3v) is 4.04. The van der Waals surface area contributed by atoms with Crippen LogP contribution in [-0.2, 0) is 0 Å². The van der Waals surface area contributed by atoms with Crippen LogP contribution in [0.1, 0.15) is 38.5 Å². The second-order valence-corrected chi connectivity index (χ2v) is 4.92. The molecule has 1 aliphatic heterocycles. The van der Waals surface area contributed by atoms with Crippen molar-refractivity contribution < 1.29 is 0 Å². The molecule has 0 aromatic heterocycles. The van der Waals surface area contributed by atoms with Crippen LogP contribution in [0.5, 0.6) is 0 Å². The van der Waals surface area contributed by atoms with Gasteiger partial charge in [0.2, 0.25) is 0 Å². The van der Waals surface area contributed by atoms with Crippen molar-refractivity contribution in [3.8, 4) is 0 Å². The lowest BCUT2D eigenvalue weighted by Gasteiger charge is -2.22. The maximum atomic E-state index is 3.47. The molecule has 2 unspecified atom stereocenters. The van der Waals surface area contributed by atoms with Crippen LogP contribution in [0.2, 0.25) is 0 Å². The van der Waals surface area contributed by atoms with E-state index in [1.807, 2.05) is 0 Å². The third-order valence-electron chi connectivity index (χ3n) is 4.04. The first-order valence-electron chi connectivity index (χ1n) is 6.30. The van der Waals surface area contributed by atoms with Gasteiger partial charge in [0.1, 0.15) is 0 Å². The Morgan fingerprint density at radius 2 is 1.93 bits per heavy atom. The van der Waals surface area contributed by atoms with Crippen LogP contribution in [0.25, 0.3) is 0 Å². The summed E-state index contributed by atoms with van der Waals surface area (Å²) < 4.78 is 0. The first-order valence-corrected chi connectivity index (χ1v) is 6.30. The minimum atomic E-state index is 0.817. The molecule has 1 saturated heterocycles. The number of hydrogen-bond donors (Lipinski definition) is 1. The molecular formula is C12H24N2. The van der Waals surface area contributed by atoms with E-state index in [1.165, 1.54) is 58.2 Å². The van der Waals surface area contributed by atoms with Gasteiger partial charge in [-0.3, -0.25) is 0 Å². The molecule has 2 aliphatic rings. The lowest BCUT2D eigenvalue weighted by molar-refractivity contribution is 0.286. The van der Waals surface area contributed by atoms with Crippen LogP contribution in [0.4, 0.5) is 0 Å². The minimum absolute atomic E-state index is 0.817. The van der Waals surface area contributed by atoms with Crippen LogP contribution in [0, 0.1) is 5.92 Å². The highest BCUT2D eigenvalue weighted by atomic mass is 15.1. The van der Waals surface area contributed by atoms with Crippen LogP contribution >= 0.6 is 0 Å². The average Bonchev–Trinajstić information content (AvgIpc) is 2.85. The molecule has 2 heteroatoms. The highest BCUT2D eigenvalue weighted by Gasteiger charge is 2.26. The summed E-state index contributed by atoms with van der Waals surface area (Å²) >= 11 is 0. The smallest absolute Gasteiger partial charge is 0.00928 e. The predicted octanol–water partition coefficient (Wildman–Crippen LogP) is 1.86. The molecule has 82 valence electrons. The summed E-state index contributed by atoms with van der Waals surface area (Å²) in [5.41, 5.74) is 0. The third kappa shape index (κ3) is 2.48. The van der Waals surface area contributed by atoms with Crippen LogP contribution < -0.4 is 5.32 Å². The summed E-state index contributed by atoms with van der Waals surface area (Å²) in [6.07, 6.45) is 8.59. The highest BCUT2D eigenvalue weighted by Crippen LogP contribution is 2.28. The van der Waals surface area contributed by atoms with E-state index in [0.29, 0.717) is 0 Å². The maximum absolute atomic E-state index is 3.47. The fourth-order valence-corrected chi connectivity index (χ4v) is 3.12. The van der Waals surface area contributed by atoms with Crippen molar-refractivity contribution >= 4 is 0 Å². The molecule has 0 spiro atoms. The molecule has 1 heterocycles. The molecule has 14 heavy (non-hydrogen) atoms. The van der Waals surface area contributed by atoms with E-state index < -0.39 is 0 Å². The molecule has 2 rings (SSSR count). The molecule has 1 N–H and O–H groups in total. The monoisotopic (exact) mass is 196 g/mol. The van der Waals surface area contributed by atoms with E-state index >= 15 is 0 Å². The molecule has 2 nitrogen and oxygen atoms in total. The molecular weight excluding hydrogens is 172 g/mol. The molecule has 2 fully saturated rings. The quantitative estimate of drug-likeness (QED) is 0.738. The van der Waals surface area contributed by atoms with Gasteiger partial charge in [-0.25, -0.2) is 0 Å². The zero-order chi connectivity index (χ0) is 9.80. The number of nitrogens with zero attached hydrogens (tertiary/aromatic N) is 1. The Morgan fingerprint density at radius 1 is 1.14 bits per heavy atom. The van der Waals surface area contributed by atoms with E-state index in [9.17, 15) is 0 Å². The van der Waals surface area contributed by atoms with Crippen molar-refractivity contribution in [3.63, 3.8) is 0 Å². The van der Waals surface area contributed by atoms with E-state index in [1.54, 1.807) is 0 Å². The summed E-state index contributed by atoms with van der Waals surface area (Å²) in [5.74, 6) is 0.959. The highest BCUT2D eigenvalue weighted by molar-refractivity contribution is 4.83. The minimum Gasteiger partial charge on any atom is -0.317 e. The van der Waals surface area contributed by atoms with E-state index in [4.69, 9.17) is 0 Å². The first-order chi connectivity index (χ1) is 6.90. The fourth-order valence-electron chi connectivity index (χ4n) is 3.12. The van der Waals surface area contributed by atoms with Crippen LogP contribution in [-0.4, -0.2) is 37.6 Å². The van der Waals surface area contributed by atoms with Gasteiger partial charge in [-0.1, -0.05) is 6.42 Å². The Kier molecular flexibility index (Phi) is 3.82. The lowest BCUT2D eigenvalue weighted by atomic mass is 9.99.